The quantitative estimate of drug-likeness (QED) is 0.725. The highest BCUT2D eigenvalue weighted by atomic mass is 16.3. The molecule has 1 aromatic carbocycles. The van der Waals surface area contributed by atoms with E-state index in [1.165, 1.54) is 19.3 Å². The molecule has 1 rings (SSSR count). The third-order valence-corrected chi connectivity index (χ3v) is 2.67. The van der Waals surface area contributed by atoms with Crippen molar-refractivity contribution < 1.29 is 5.11 Å². The summed E-state index contributed by atoms with van der Waals surface area (Å²) in [7, 11) is 2.09. The Bertz CT molecular complexity index is 286. The fourth-order valence-electron chi connectivity index (χ4n) is 1.74. The first kappa shape index (κ1) is 12.1. The molecule has 84 valence electrons. The molecule has 0 saturated heterocycles. The first-order valence-electron chi connectivity index (χ1n) is 5.69. The van der Waals surface area contributed by atoms with Crippen LogP contribution in [0, 0.1) is 0 Å². The van der Waals surface area contributed by atoms with Gasteiger partial charge in [0.1, 0.15) is 0 Å². The van der Waals surface area contributed by atoms with Gasteiger partial charge in [0.25, 0.3) is 0 Å². The molecule has 0 aromatic heterocycles. The average molecular weight is 207 g/mol. The molecule has 0 aliphatic heterocycles. The van der Waals surface area contributed by atoms with Crippen LogP contribution in [-0.4, -0.2) is 18.7 Å². The van der Waals surface area contributed by atoms with Crippen molar-refractivity contribution in [2.75, 3.05) is 18.5 Å². The van der Waals surface area contributed by atoms with Crippen LogP contribution in [0.5, 0.6) is 0 Å². The standard InChI is InChI=1S/C13H21NO/c1-3-4-7-10-14(2)13-9-6-5-8-12(13)11-15/h5-6,8-9,15H,3-4,7,10-11H2,1-2H3. The highest BCUT2D eigenvalue weighted by Gasteiger charge is 2.04. The van der Waals surface area contributed by atoms with Gasteiger partial charge in [0.05, 0.1) is 6.61 Å². The molecule has 0 aliphatic carbocycles. The van der Waals surface area contributed by atoms with Crippen LogP contribution in [0.4, 0.5) is 5.69 Å². The Balaban J connectivity index is 2.59. The van der Waals surface area contributed by atoms with Crippen molar-refractivity contribution in [1.82, 2.24) is 0 Å². The van der Waals surface area contributed by atoms with Crippen molar-refractivity contribution in [2.45, 2.75) is 32.8 Å². The van der Waals surface area contributed by atoms with Crippen LogP contribution >= 0.6 is 0 Å². The Morgan fingerprint density at radius 2 is 1.93 bits per heavy atom. The van der Waals surface area contributed by atoms with E-state index in [9.17, 15) is 5.11 Å². The van der Waals surface area contributed by atoms with Gasteiger partial charge in [-0.25, -0.2) is 0 Å². The molecular formula is C13H21NO. The number of anilines is 1. The van der Waals surface area contributed by atoms with Gasteiger partial charge in [0, 0.05) is 24.8 Å². The second-order valence-electron chi connectivity index (χ2n) is 3.92. The molecule has 1 N–H and O–H groups in total. The minimum absolute atomic E-state index is 0.119. The highest BCUT2D eigenvalue weighted by molar-refractivity contribution is 5.52. The predicted octanol–water partition coefficient (Wildman–Crippen LogP) is 2.81. The number of benzene rings is 1. The predicted molar refractivity (Wildman–Crippen MR) is 65.2 cm³/mol. The van der Waals surface area contributed by atoms with Crippen LogP contribution in [0.1, 0.15) is 31.7 Å². The number of rotatable bonds is 6. The summed E-state index contributed by atoms with van der Waals surface area (Å²) in [4.78, 5) is 2.22. The summed E-state index contributed by atoms with van der Waals surface area (Å²) in [5.74, 6) is 0. The van der Waals surface area contributed by atoms with E-state index in [-0.39, 0.29) is 6.61 Å². The summed E-state index contributed by atoms with van der Waals surface area (Å²) in [6.45, 7) is 3.39. The van der Waals surface area contributed by atoms with Crippen LogP contribution in [0.3, 0.4) is 0 Å². The van der Waals surface area contributed by atoms with Crippen LogP contribution in [0.2, 0.25) is 0 Å². The van der Waals surface area contributed by atoms with Crippen LogP contribution in [-0.2, 0) is 6.61 Å². The van der Waals surface area contributed by atoms with E-state index < -0.39 is 0 Å². The zero-order valence-corrected chi connectivity index (χ0v) is 9.74. The summed E-state index contributed by atoms with van der Waals surface area (Å²) < 4.78 is 0. The van der Waals surface area contributed by atoms with E-state index in [2.05, 4.69) is 24.9 Å². The molecular weight excluding hydrogens is 186 g/mol. The first-order valence-corrected chi connectivity index (χ1v) is 5.69. The number of hydrogen-bond acceptors (Lipinski definition) is 2. The number of nitrogens with zero attached hydrogens (tertiary/aromatic N) is 1. The summed E-state index contributed by atoms with van der Waals surface area (Å²) in [5.41, 5.74) is 2.16. The molecule has 2 nitrogen and oxygen atoms in total. The Hall–Kier alpha value is -1.02. The molecule has 0 amide bonds. The largest absolute Gasteiger partial charge is 0.392 e. The van der Waals surface area contributed by atoms with Crippen molar-refractivity contribution in [2.24, 2.45) is 0 Å². The van der Waals surface area contributed by atoms with Crippen molar-refractivity contribution in [1.29, 1.82) is 0 Å². The van der Waals surface area contributed by atoms with Gasteiger partial charge in [-0.1, -0.05) is 38.0 Å². The maximum absolute atomic E-state index is 9.21. The van der Waals surface area contributed by atoms with Crippen molar-refractivity contribution in [3.63, 3.8) is 0 Å². The summed E-state index contributed by atoms with van der Waals surface area (Å²) in [5, 5.41) is 9.21. The third kappa shape index (κ3) is 3.56. The van der Waals surface area contributed by atoms with E-state index in [1.807, 2.05) is 18.2 Å². The second-order valence-corrected chi connectivity index (χ2v) is 3.92. The topological polar surface area (TPSA) is 23.5 Å². The SMILES string of the molecule is CCCCCN(C)c1ccccc1CO. The Kier molecular flexibility index (Phi) is 5.19. The normalized spacial score (nSPS) is 10.3. The van der Waals surface area contributed by atoms with E-state index in [0.717, 1.165) is 17.8 Å². The Labute approximate surface area is 92.5 Å². The smallest absolute Gasteiger partial charge is 0.0702 e. The molecule has 0 radical (unpaired) electrons. The molecule has 0 fully saturated rings. The lowest BCUT2D eigenvalue weighted by Gasteiger charge is -2.21. The molecule has 15 heavy (non-hydrogen) atoms. The van der Waals surface area contributed by atoms with Gasteiger partial charge in [-0.05, 0) is 12.5 Å². The fourth-order valence-corrected chi connectivity index (χ4v) is 1.74. The zero-order chi connectivity index (χ0) is 11.1. The van der Waals surface area contributed by atoms with Crippen molar-refractivity contribution in [3.05, 3.63) is 29.8 Å². The van der Waals surface area contributed by atoms with Gasteiger partial charge in [-0.2, -0.15) is 0 Å². The number of unbranched alkanes of at least 4 members (excludes halogenated alkanes) is 2. The molecule has 1 aromatic rings. The van der Waals surface area contributed by atoms with Crippen LogP contribution in [0.15, 0.2) is 24.3 Å². The lowest BCUT2D eigenvalue weighted by Crippen LogP contribution is -2.19. The molecule has 0 spiro atoms. The molecule has 0 bridgehead atoms. The summed E-state index contributed by atoms with van der Waals surface area (Å²) in [6, 6.07) is 8.03. The van der Waals surface area contributed by atoms with E-state index in [0.29, 0.717) is 0 Å². The summed E-state index contributed by atoms with van der Waals surface area (Å²) >= 11 is 0. The molecule has 0 saturated carbocycles. The number of para-hydroxylation sites is 1. The highest BCUT2D eigenvalue weighted by Crippen LogP contribution is 2.19. The summed E-state index contributed by atoms with van der Waals surface area (Å²) in [6.07, 6.45) is 3.73. The Morgan fingerprint density at radius 3 is 2.60 bits per heavy atom. The Morgan fingerprint density at radius 1 is 1.20 bits per heavy atom. The van der Waals surface area contributed by atoms with Gasteiger partial charge in [0.15, 0.2) is 0 Å². The minimum Gasteiger partial charge on any atom is -0.392 e. The van der Waals surface area contributed by atoms with Gasteiger partial charge >= 0.3 is 0 Å². The monoisotopic (exact) mass is 207 g/mol. The van der Waals surface area contributed by atoms with Gasteiger partial charge in [-0.15, -0.1) is 0 Å². The maximum atomic E-state index is 9.21. The van der Waals surface area contributed by atoms with Gasteiger partial charge in [0.2, 0.25) is 0 Å². The van der Waals surface area contributed by atoms with E-state index in [4.69, 9.17) is 0 Å². The maximum Gasteiger partial charge on any atom is 0.0702 e. The lowest BCUT2D eigenvalue weighted by molar-refractivity contribution is 0.282. The number of hydrogen-bond donors (Lipinski definition) is 1. The lowest BCUT2D eigenvalue weighted by atomic mass is 10.1. The number of aliphatic hydroxyl groups excluding tert-OH is 1. The fraction of sp³-hybridized carbons (Fsp3) is 0.538. The van der Waals surface area contributed by atoms with E-state index >= 15 is 0 Å². The average Bonchev–Trinajstić information content (AvgIpc) is 2.29. The molecule has 0 unspecified atom stereocenters. The van der Waals surface area contributed by atoms with Crippen LogP contribution < -0.4 is 4.90 Å². The van der Waals surface area contributed by atoms with E-state index in [1.54, 1.807) is 0 Å². The third-order valence-electron chi connectivity index (χ3n) is 2.67. The number of aliphatic hydroxyl groups is 1. The van der Waals surface area contributed by atoms with Crippen molar-refractivity contribution >= 4 is 5.69 Å². The van der Waals surface area contributed by atoms with Crippen LogP contribution in [0.25, 0.3) is 0 Å². The molecule has 0 heterocycles. The molecule has 2 heteroatoms. The molecule has 0 atom stereocenters. The second kappa shape index (κ2) is 6.46. The first-order chi connectivity index (χ1) is 7.29. The minimum atomic E-state index is 0.119. The van der Waals surface area contributed by atoms with Gasteiger partial charge in [-0.3, -0.25) is 0 Å². The van der Waals surface area contributed by atoms with Crippen molar-refractivity contribution in [3.8, 4) is 0 Å². The molecule has 0 aliphatic rings. The zero-order valence-electron chi connectivity index (χ0n) is 9.74. The van der Waals surface area contributed by atoms with Gasteiger partial charge < -0.3 is 10.0 Å².